The minimum atomic E-state index is -0.0130. The summed E-state index contributed by atoms with van der Waals surface area (Å²) in [4.78, 5) is 0. The average molecular weight is 1120 g/mol. The van der Waals surface area contributed by atoms with Crippen LogP contribution in [0.4, 0.5) is 0 Å². The van der Waals surface area contributed by atoms with Crippen molar-refractivity contribution in [1.29, 1.82) is 0 Å². The molecule has 0 bridgehead atoms. The van der Waals surface area contributed by atoms with Gasteiger partial charge in [-0.1, -0.05) is 0 Å². The average Bonchev–Trinajstić information content (AvgIpc) is 4.20. The predicted molar refractivity (Wildman–Crippen MR) is 279 cm³/mol. The van der Waals surface area contributed by atoms with Gasteiger partial charge in [0.1, 0.15) is 0 Å². The summed E-state index contributed by atoms with van der Waals surface area (Å²) in [5, 5.41) is 55.2. The first kappa shape index (κ1) is 30.9. The molecule has 17 aromatic carbocycles. The van der Waals surface area contributed by atoms with Gasteiger partial charge in [-0.15, -0.1) is 0 Å². The number of nitrogens with zero attached hydrogens (tertiary/aromatic N) is 2. The Hall–Kier alpha value is -5.12. The molecule has 322 valence electrons. The number of hydrogen-bond donors (Lipinski definition) is 0. The molecule has 0 aromatic heterocycles. The molecule has 10 atom stereocenters. The van der Waals surface area contributed by atoms with Gasteiger partial charge in [0.2, 0.25) is 0 Å². The van der Waals surface area contributed by atoms with Gasteiger partial charge in [-0.2, -0.15) is 0 Å². The van der Waals surface area contributed by atoms with Gasteiger partial charge in [-0.3, -0.25) is 0 Å². The van der Waals surface area contributed by atoms with E-state index in [1.807, 2.05) is 159 Å². The SMILES string of the molecule is C[N+]1(C)C[C@]23c4c5c6c7c8c9c%10c%11c%12c%13c%14c%15c%16c%17c%18c%19c%20c(c2c2c4c4c6c6c8c%10c8c%12c%10c%14c(c%15%19)c%12c%20c2c2c4c6c8c%10c%122)[C@@H]%18[C@H]2c4c6c8c%10c(c4-%17)[C@@H]%16[C@@H]%13[C@@]%114C[N+](C)(C)C[C@]%104C=9[C@H]8[C@@H]7C5=C6[C@]23C1.[I-].[I-]. The van der Waals surface area contributed by atoms with E-state index in [9.17, 15) is 0 Å². The molecule has 2 saturated heterocycles. The van der Waals surface area contributed by atoms with Crippen molar-refractivity contribution in [2.45, 2.75) is 51.8 Å². The molecule has 2 aliphatic heterocycles. The third-order valence-electron chi connectivity index (χ3n) is 29.1. The largest absolute Gasteiger partial charge is 1.00 e. The molecule has 0 amide bonds. The molecule has 2 fully saturated rings. The first-order valence-electron chi connectivity index (χ1n) is 27.7. The van der Waals surface area contributed by atoms with E-state index >= 15 is 0 Å². The molecule has 4 heteroatoms. The van der Waals surface area contributed by atoms with Crippen LogP contribution in [0.3, 0.4) is 0 Å². The van der Waals surface area contributed by atoms with Crippen LogP contribution in [0.5, 0.6) is 0 Å². The second-order valence-corrected chi connectivity index (χ2v) is 30.3. The maximum atomic E-state index is 2.73. The molecule has 2 heterocycles. The molecular formula is C68H26I2N2. The molecule has 72 heavy (non-hydrogen) atoms. The number of hydrogen-bond acceptors (Lipinski definition) is 0. The standard InChI is InChI=1S/C68H26N2.2HI/c1-69(2)5-65-57-41-29-17-9-10-14-11-15-23-31(19(11)17)43(41)59(65)49-37(23)28-36-26(15)34-22(14)30-18(10)20-12-13(9)21(29)33-25-16(12)24-32(20)44-42(30)58-46(34)48(36)62-54-39(28)51(49)63-55-53-40-27(35(25)47(45(33)57)61(53)67(63,65)7-69)38(24)50-52(40)64(56(54)55)68(62)8-70(3,4)6-66(58,68)60(44)50;;/h39,47,50,54,60-61H,5-8H2,1-4H3;2*1H/q+2;;/p-2/t39-,47+,50+,54-,60+,61-,65+,66+,67-,68-;;/m0../s1. The van der Waals surface area contributed by atoms with Crippen molar-refractivity contribution < 1.29 is 56.9 Å². The number of quaternary nitrogens is 2. The molecule has 34 rings (SSSR count). The van der Waals surface area contributed by atoms with E-state index in [2.05, 4.69) is 28.2 Å². The fourth-order valence-corrected chi connectivity index (χ4v) is 30.6. The van der Waals surface area contributed by atoms with Crippen molar-refractivity contribution in [2.75, 3.05) is 54.4 Å². The third kappa shape index (κ3) is 1.62. The normalized spacial score (nSPS) is 37.1. The first-order valence-corrected chi connectivity index (χ1v) is 27.7. The van der Waals surface area contributed by atoms with Crippen LogP contribution in [0.1, 0.15) is 113 Å². The lowest BCUT2D eigenvalue weighted by Crippen LogP contribution is -3.00. The van der Waals surface area contributed by atoms with Crippen LogP contribution in [-0.2, 0) is 16.2 Å². The summed E-state index contributed by atoms with van der Waals surface area (Å²) in [6, 6.07) is 0. The highest BCUT2D eigenvalue weighted by molar-refractivity contribution is 6.72. The summed E-state index contributed by atoms with van der Waals surface area (Å²) in [7, 11) is 10.9. The summed E-state index contributed by atoms with van der Waals surface area (Å²) in [6.45, 7) is 5.13. The van der Waals surface area contributed by atoms with Gasteiger partial charge in [0.25, 0.3) is 0 Å². The number of rotatable bonds is 0. The maximum Gasteiger partial charge on any atom is 0.0934 e. The Morgan fingerprint density at radius 3 is 1.50 bits per heavy atom. The lowest BCUT2D eigenvalue weighted by molar-refractivity contribution is -0.881. The number of likely N-dealkylation sites (N-methyl/N-ethyl adjacent to an activating group) is 2. The number of likely N-dealkylation sites (tertiary alicyclic amines) is 2. The highest BCUT2D eigenvalue weighted by Crippen LogP contribution is 2.95. The van der Waals surface area contributed by atoms with Gasteiger partial charge in [0.15, 0.2) is 0 Å². The number of allylic oxidation sites excluding steroid dienone is 1. The molecular weight excluding hydrogens is 1100 g/mol. The van der Waals surface area contributed by atoms with Crippen LogP contribution in [0, 0.1) is 5.41 Å². The Bertz CT molecular complexity index is 6490. The second-order valence-electron chi connectivity index (χ2n) is 30.3. The molecule has 0 saturated carbocycles. The summed E-state index contributed by atoms with van der Waals surface area (Å²) in [5.41, 5.74) is 36.8. The minimum Gasteiger partial charge on any atom is -1.00 e. The smallest absolute Gasteiger partial charge is 0.0934 e. The lowest BCUT2D eigenvalue weighted by Gasteiger charge is -2.56. The topological polar surface area (TPSA) is 0 Å². The van der Waals surface area contributed by atoms with E-state index in [4.69, 9.17) is 0 Å². The van der Waals surface area contributed by atoms with E-state index in [0.29, 0.717) is 35.5 Å². The van der Waals surface area contributed by atoms with Crippen LogP contribution in [0.15, 0.2) is 0 Å². The Morgan fingerprint density at radius 1 is 0.306 bits per heavy atom. The van der Waals surface area contributed by atoms with Gasteiger partial charge in [0, 0.05) is 35.5 Å². The van der Waals surface area contributed by atoms with E-state index in [0.717, 1.165) is 8.97 Å². The van der Waals surface area contributed by atoms with Crippen molar-refractivity contribution in [3.63, 3.8) is 0 Å². The van der Waals surface area contributed by atoms with Crippen LogP contribution in [0.25, 0.3) is 189 Å². The third-order valence-corrected chi connectivity index (χ3v) is 29.1. The zero-order valence-corrected chi connectivity index (χ0v) is 43.3. The monoisotopic (exact) mass is 1120 g/mol. The predicted octanol–water partition coefficient (Wildman–Crippen LogP) is 6.61. The Balaban J connectivity index is 0.00000163. The van der Waals surface area contributed by atoms with Crippen molar-refractivity contribution >= 4 is 178 Å². The van der Waals surface area contributed by atoms with Gasteiger partial charge < -0.3 is 56.9 Å². The van der Waals surface area contributed by atoms with E-state index in [1.54, 1.807) is 113 Å². The molecule has 0 unspecified atom stereocenters. The minimum absolute atomic E-state index is 0. The molecule has 15 aliphatic carbocycles. The molecule has 0 radical (unpaired) electrons. The van der Waals surface area contributed by atoms with E-state index in [-0.39, 0.29) is 69.6 Å². The second kappa shape index (κ2) is 6.74. The highest BCUT2D eigenvalue weighted by atomic mass is 127. The Morgan fingerprint density at radius 2 is 0.792 bits per heavy atom. The zero-order valence-electron chi connectivity index (χ0n) is 38.9. The maximum absolute atomic E-state index is 2.73. The number of halogens is 2. The fraction of sp³-hybridized carbons (Fsp3) is 0.265. The summed E-state index contributed by atoms with van der Waals surface area (Å²) in [6.07, 6.45) is 0. The fourth-order valence-electron chi connectivity index (χ4n) is 30.6. The molecule has 17 aromatic rings. The molecule has 4 spiro atoms. The van der Waals surface area contributed by atoms with Crippen molar-refractivity contribution in [3.05, 3.63) is 83.1 Å². The van der Waals surface area contributed by atoms with E-state index < -0.39 is 0 Å². The van der Waals surface area contributed by atoms with Crippen LogP contribution in [-0.4, -0.2) is 63.3 Å². The van der Waals surface area contributed by atoms with Gasteiger partial charge in [-0.25, -0.2) is 0 Å². The quantitative estimate of drug-likeness (QED) is 0.0913. The van der Waals surface area contributed by atoms with Crippen molar-refractivity contribution in [3.8, 4) is 11.1 Å². The summed E-state index contributed by atoms with van der Waals surface area (Å²) < 4.78 is 2.29. The Kier molecular flexibility index (Phi) is 2.89. The summed E-state index contributed by atoms with van der Waals surface area (Å²) in [5.74, 6) is 2.96. The van der Waals surface area contributed by atoms with Crippen LogP contribution in [0.2, 0.25) is 0 Å². The molecule has 17 aliphatic rings. The molecule has 2 nitrogen and oxygen atoms in total. The zero-order chi connectivity index (χ0) is 42.2. The first-order chi connectivity index (χ1) is 34.3. The van der Waals surface area contributed by atoms with Crippen LogP contribution < -0.4 is 53.2 Å². The van der Waals surface area contributed by atoms with Crippen molar-refractivity contribution in [2.24, 2.45) is 5.41 Å². The highest BCUT2D eigenvalue weighted by Gasteiger charge is 2.88. The number of benzene rings is 12. The van der Waals surface area contributed by atoms with E-state index in [1.165, 1.54) is 26.2 Å². The Labute approximate surface area is 437 Å². The van der Waals surface area contributed by atoms with Gasteiger partial charge in [0.05, 0.1) is 76.0 Å². The molecule has 0 N–H and O–H groups in total. The van der Waals surface area contributed by atoms with Gasteiger partial charge in [-0.05, 0) is 273 Å². The summed E-state index contributed by atoms with van der Waals surface area (Å²) >= 11 is 0. The lowest BCUT2D eigenvalue weighted by atomic mass is 9.42. The van der Waals surface area contributed by atoms with Crippen molar-refractivity contribution in [1.82, 2.24) is 0 Å². The van der Waals surface area contributed by atoms with Gasteiger partial charge >= 0.3 is 0 Å². The van der Waals surface area contributed by atoms with Crippen LogP contribution >= 0.6 is 0 Å².